The van der Waals surface area contributed by atoms with Crippen molar-refractivity contribution in [3.63, 3.8) is 0 Å². The van der Waals surface area contributed by atoms with Gasteiger partial charge >= 0.3 is 5.97 Å². The van der Waals surface area contributed by atoms with E-state index in [9.17, 15) is 9.59 Å². The predicted octanol–water partition coefficient (Wildman–Crippen LogP) is 0.812. The van der Waals surface area contributed by atoms with Gasteiger partial charge in [-0.1, -0.05) is 0 Å². The zero-order valence-electron chi connectivity index (χ0n) is 10.1. The number of carbonyl (C=O) groups is 2. The third-order valence-corrected chi connectivity index (χ3v) is 2.99. The molecule has 1 aliphatic rings. The summed E-state index contributed by atoms with van der Waals surface area (Å²) in [6.07, 6.45) is 2.62. The molecule has 1 saturated heterocycles. The lowest BCUT2D eigenvalue weighted by molar-refractivity contribution is -0.132. The summed E-state index contributed by atoms with van der Waals surface area (Å²) in [4.78, 5) is 27.7. The molecule has 1 aromatic heterocycles. The number of carboxylic acids is 1. The molecular formula is C12H15N3O3. The second-order valence-electron chi connectivity index (χ2n) is 4.39. The van der Waals surface area contributed by atoms with Crippen LogP contribution in [0.3, 0.4) is 0 Å². The monoisotopic (exact) mass is 249 g/mol. The van der Waals surface area contributed by atoms with Crippen molar-refractivity contribution in [3.05, 3.63) is 23.9 Å². The number of hydrogen-bond donors (Lipinski definition) is 2. The zero-order chi connectivity index (χ0) is 13.1. The Bertz CT molecular complexity index is 458. The van der Waals surface area contributed by atoms with Crippen LogP contribution in [0.5, 0.6) is 0 Å². The summed E-state index contributed by atoms with van der Waals surface area (Å²) in [6, 6.07) is 3.31. The molecule has 1 aromatic rings. The number of carboxylic acid groups (broad SMARTS) is 1. The van der Waals surface area contributed by atoms with Crippen molar-refractivity contribution in [2.24, 2.45) is 0 Å². The van der Waals surface area contributed by atoms with Gasteiger partial charge in [-0.25, -0.2) is 9.78 Å². The van der Waals surface area contributed by atoms with Gasteiger partial charge in [-0.2, -0.15) is 0 Å². The van der Waals surface area contributed by atoms with Gasteiger partial charge in [0.1, 0.15) is 5.82 Å². The molecule has 6 heteroatoms. The molecule has 1 fully saturated rings. The van der Waals surface area contributed by atoms with Crippen LogP contribution in [-0.4, -0.2) is 46.5 Å². The largest absolute Gasteiger partial charge is 0.478 e. The van der Waals surface area contributed by atoms with E-state index in [0.29, 0.717) is 18.8 Å². The van der Waals surface area contributed by atoms with E-state index < -0.39 is 5.97 Å². The first kappa shape index (κ1) is 12.3. The second-order valence-corrected chi connectivity index (χ2v) is 4.39. The molecule has 0 spiro atoms. The average molecular weight is 249 g/mol. The van der Waals surface area contributed by atoms with Crippen LogP contribution in [0.1, 0.15) is 23.2 Å². The highest BCUT2D eigenvalue weighted by molar-refractivity contribution is 5.87. The van der Waals surface area contributed by atoms with Crippen molar-refractivity contribution in [2.45, 2.75) is 18.9 Å². The summed E-state index contributed by atoms with van der Waals surface area (Å²) in [5.41, 5.74) is 0.163. The first-order valence-electron chi connectivity index (χ1n) is 5.76. The van der Waals surface area contributed by atoms with Gasteiger partial charge in [0, 0.05) is 32.3 Å². The van der Waals surface area contributed by atoms with Crippen molar-refractivity contribution in [2.75, 3.05) is 18.9 Å². The molecule has 6 nitrogen and oxygen atoms in total. The molecule has 2 rings (SSSR count). The number of anilines is 1. The SMILES string of the molecule is CN1CC(Nc2ccc(C(=O)O)cn2)CCC1=O. The zero-order valence-corrected chi connectivity index (χ0v) is 10.1. The summed E-state index contributed by atoms with van der Waals surface area (Å²) in [7, 11) is 1.77. The van der Waals surface area contributed by atoms with Crippen molar-refractivity contribution in [1.82, 2.24) is 9.88 Å². The number of aromatic carboxylic acids is 1. The maximum Gasteiger partial charge on any atom is 0.337 e. The lowest BCUT2D eigenvalue weighted by atomic mass is 10.1. The first-order chi connectivity index (χ1) is 8.56. The lowest BCUT2D eigenvalue weighted by Gasteiger charge is -2.30. The number of amides is 1. The Morgan fingerprint density at radius 2 is 2.33 bits per heavy atom. The maximum absolute atomic E-state index is 11.3. The Balaban J connectivity index is 1.97. The van der Waals surface area contributed by atoms with E-state index >= 15 is 0 Å². The van der Waals surface area contributed by atoms with Crippen LogP contribution in [0.15, 0.2) is 18.3 Å². The van der Waals surface area contributed by atoms with Crippen molar-refractivity contribution < 1.29 is 14.7 Å². The van der Waals surface area contributed by atoms with E-state index in [1.54, 1.807) is 18.0 Å². The number of nitrogens with one attached hydrogen (secondary N) is 1. The molecule has 0 radical (unpaired) electrons. The summed E-state index contributed by atoms with van der Waals surface area (Å²) in [5.74, 6) is -0.202. The number of likely N-dealkylation sites (tertiary alicyclic amines) is 1. The number of rotatable bonds is 3. The Kier molecular flexibility index (Phi) is 3.45. The molecule has 18 heavy (non-hydrogen) atoms. The predicted molar refractivity (Wildman–Crippen MR) is 65.5 cm³/mol. The summed E-state index contributed by atoms with van der Waals surface area (Å²) < 4.78 is 0. The molecule has 1 amide bonds. The number of pyridine rings is 1. The van der Waals surface area contributed by atoms with Crippen molar-refractivity contribution in [1.29, 1.82) is 0 Å². The van der Waals surface area contributed by atoms with Crippen LogP contribution in [0, 0.1) is 0 Å². The Hall–Kier alpha value is -2.11. The van der Waals surface area contributed by atoms with Gasteiger partial charge in [0.15, 0.2) is 0 Å². The van der Waals surface area contributed by atoms with Gasteiger partial charge in [0.2, 0.25) is 5.91 Å². The molecule has 0 saturated carbocycles. The van der Waals surface area contributed by atoms with E-state index in [2.05, 4.69) is 10.3 Å². The molecule has 0 aliphatic carbocycles. The van der Waals surface area contributed by atoms with E-state index in [-0.39, 0.29) is 17.5 Å². The Morgan fingerprint density at radius 1 is 1.56 bits per heavy atom. The van der Waals surface area contributed by atoms with Crippen LogP contribution < -0.4 is 5.32 Å². The van der Waals surface area contributed by atoms with E-state index in [4.69, 9.17) is 5.11 Å². The summed E-state index contributed by atoms with van der Waals surface area (Å²) in [5, 5.41) is 12.0. The minimum atomic E-state index is -0.989. The standard InChI is InChI=1S/C12H15N3O3/c1-15-7-9(3-5-11(15)16)14-10-4-2-8(6-13-10)12(17)18/h2,4,6,9H,3,5,7H2,1H3,(H,13,14)(H,17,18). The Labute approximate surface area is 105 Å². The van der Waals surface area contributed by atoms with E-state index in [1.165, 1.54) is 12.3 Å². The summed E-state index contributed by atoms with van der Waals surface area (Å²) in [6.45, 7) is 0.640. The molecular weight excluding hydrogens is 234 g/mol. The normalized spacial score (nSPS) is 19.7. The van der Waals surface area contributed by atoms with Gasteiger partial charge in [0.05, 0.1) is 5.56 Å². The molecule has 1 atom stereocenters. The number of piperidine rings is 1. The fraction of sp³-hybridized carbons (Fsp3) is 0.417. The third kappa shape index (κ3) is 2.77. The van der Waals surface area contributed by atoms with E-state index in [0.717, 1.165) is 6.42 Å². The quantitative estimate of drug-likeness (QED) is 0.828. The Morgan fingerprint density at radius 3 is 2.89 bits per heavy atom. The van der Waals surface area contributed by atoms with Crippen LogP contribution in [0.2, 0.25) is 0 Å². The highest BCUT2D eigenvalue weighted by Crippen LogP contribution is 2.14. The number of likely N-dealkylation sites (N-methyl/N-ethyl adjacent to an activating group) is 1. The second kappa shape index (κ2) is 5.03. The summed E-state index contributed by atoms with van der Waals surface area (Å²) >= 11 is 0. The van der Waals surface area contributed by atoms with Crippen LogP contribution in [-0.2, 0) is 4.79 Å². The molecule has 1 aliphatic heterocycles. The molecule has 1 unspecified atom stereocenters. The van der Waals surface area contributed by atoms with Crippen molar-refractivity contribution in [3.8, 4) is 0 Å². The van der Waals surface area contributed by atoms with Gasteiger partial charge < -0.3 is 15.3 Å². The first-order valence-corrected chi connectivity index (χ1v) is 5.76. The highest BCUT2D eigenvalue weighted by atomic mass is 16.4. The minimum absolute atomic E-state index is 0.155. The van der Waals surface area contributed by atoms with E-state index in [1.807, 2.05) is 0 Å². The van der Waals surface area contributed by atoms with Crippen LogP contribution >= 0.6 is 0 Å². The fourth-order valence-corrected chi connectivity index (χ4v) is 1.94. The topological polar surface area (TPSA) is 82.5 Å². The fourth-order valence-electron chi connectivity index (χ4n) is 1.94. The highest BCUT2D eigenvalue weighted by Gasteiger charge is 2.22. The van der Waals surface area contributed by atoms with Crippen LogP contribution in [0.25, 0.3) is 0 Å². The molecule has 0 bridgehead atoms. The minimum Gasteiger partial charge on any atom is -0.478 e. The van der Waals surface area contributed by atoms with Gasteiger partial charge in [0.25, 0.3) is 0 Å². The van der Waals surface area contributed by atoms with Gasteiger partial charge in [-0.15, -0.1) is 0 Å². The number of hydrogen-bond acceptors (Lipinski definition) is 4. The molecule has 96 valence electrons. The van der Waals surface area contributed by atoms with Gasteiger partial charge in [-0.3, -0.25) is 4.79 Å². The molecule has 2 N–H and O–H groups in total. The van der Waals surface area contributed by atoms with Gasteiger partial charge in [-0.05, 0) is 18.6 Å². The lowest BCUT2D eigenvalue weighted by Crippen LogP contribution is -2.43. The number of aromatic nitrogens is 1. The number of nitrogens with zero attached hydrogens (tertiary/aromatic N) is 2. The molecule has 2 heterocycles. The third-order valence-electron chi connectivity index (χ3n) is 2.99. The molecule has 0 aromatic carbocycles. The van der Waals surface area contributed by atoms with Crippen molar-refractivity contribution >= 4 is 17.7 Å². The van der Waals surface area contributed by atoms with Crippen LogP contribution in [0.4, 0.5) is 5.82 Å². The maximum atomic E-state index is 11.3. The number of carbonyl (C=O) groups excluding carboxylic acids is 1. The average Bonchev–Trinajstić information content (AvgIpc) is 2.34. The smallest absolute Gasteiger partial charge is 0.337 e.